The lowest BCUT2D eigenvalue weighted by Crippen LogP contribution is -2.30. The summed E-state index contributed by atoms with van der Waals surface area (Å²) < 4.78 is 18.2. The van der Waals surface area contributed by atoms with Crippen molar-refractivity contribution < 1.29 is 9.18 Å². The van der Waals surface area contributed by atoms with Crippen LogP contribution in [-0.4, -0.2) is 48.8 Å². The van der Waals surface area contributed by atoms with Crippen molar-refractivity contribution in [1.29, 1.82) is 5.26 Å². The van der Waals surface area contributed by atoms with Crippen molar-refractivity contribution in [3.05, 3.63) is 60.1 Å². The maximum atomic E-state index is 14.4. The predicted octanol–water partition coefficient (Wildman–Crippen LogP) is 5.13. The Bertz CT molecular complexity index is 1520. The van der Waals surface area contributed by atoms with E-state index in [0.29, 0.717) is 27.8 Å². The third-order valence-electron chi connectivity index (χ3n) is 7.40. The van der Waals surface area contributed by atoms with Gasteiger partial charge in [0, 0.05) is 54.6 Å². The highest BCUT2D eigenvalue weighted by Gasteiger charge is 2.34. The standard InChI is InChI=1S/C27H28FN7OS/c1-16-8-22(9-19(16)14-33(4)18(3)36)35-17(2)23(13-32-35)20-10-25(37-27-24(28)6-5-7-30-27)26-21(11-29)12-31-34(26)15-20/h5-7,10,12-13,15-16,19,22H,8-9,14H2,1-4H3/t16-,19-,22-/m0/s1. The minimum atomic E-state index is -0.418. The molecule has 8 nitrogen and oxygen atoms in total. The monoisotopic (exact) mass is 517 g/mol. The Kier molecular flexibility index (Phi) is 6.73. The predicted molar refractivity (Wildman–Crippen MR) is 138 cm³/mol. The van der Waals surface area contributed by atoms with Gasteiger partial charge in [0.05, 0.1) is 29.5 Å². The van der Waals surface area contributed by atoms with E-state index in [-0.39, 0.29) is 17.0 Å². The molecule has 5 rings (SSSR count). The van der Waals surface area contributed by atoms with Crippen LogP contribution in [0.3, 0.4) is 0 Å². The minimum Gasteiger partial charge on any atom is -0.346 e. The summed E-state index contributed by atoms with van der Waals surface area (Å²) in [4.78, 5) is 18.4. The summed E-state index contributed by atoms with van der Waals surface area (Å²) in [7, 11) is 1.86. The van der Waals surface area contributed by atoms with Crippen LogP contribution < -0.4 is 0 Å². The van der Waals surface area contributed by atoms with Crippen LogP contribution in [-0.2, 0) is 4.79 Å². The lowest BCUT2D eigenvalue weighted by Gasteiger charge is -2.22. The van der Waals surface area contributed by atoms with Gasteiger partial charge in [-0.2, -0.15) is 15.5 Å². The van der Waals surface area contributed by atoms with Crippen LogP contribution in [0.15, 0.2) is 52.9 Å². The number of fused-ring (bicyclic) bond motifs is 1. The lowest BCUT2D eigenvalue weighted by atomic mass is 9.98. The molecular weight excluding hydrogens is 489 g/mol. The van der Waals surface area contributed by atoms with E-state index in [4.69, 9.17) is 5.10 Å². The van der Waals surface area contributed by atoms with Crippen LogP contribution in [0.25, 0.3) is 16.6 Å². The fourth-order valence-electron chi connectivity index (χ4n) is 5.25. The summed E-state index contributed by atoms with van der Waals surface area (Å²) in [6.07, 6.45) is 8.78. The van der Waals surface area contributed by atoms with Gasteiger partial charge >= 0.3 is 0 Å². The molecule has 0 aliphatic heterocycles. The number of amides is 1. The molecule has 4 heterocycles. The van der Waals surface area contributed by atoms with Crippen molar-refractivity contribution >= 4 is 23.2 Å². The number of halogens is 1. The van der Waals surface area contributed by atoms with Gasteiger partial charge in [0.25, 0.3) is 0 Å². The second-order valence-electron chi connectivity index (χ2n) is 9.80. The number of hydrogen-bond acceptors (Lipinski definition) is 6. The number of aromatic nitrogens is 5. The Morgan fingerprint density at radius 2 is 2.14 bits per heavy atom. The van der Waals surface area contributed by atoms with Crippen molar-refractivity contribution in [3.8, 4) is 17.2 Å². The molecule has 1 fully saturated rings. The molecule has 4 aromatic rings. The van der Waals surface area contributed by atoms with E-state index in [1.165, 1.54) is 24.0 Å². The van der Waals surface area contributed by atoms with Crippen molar-refractivity contribution in [3.63, 3.8) is 0 Å². The van der Waals surface area contributed by atoms with Crippen LogP contribution in [0.4, 0.5) is 4.39 Å². The van der Waals surface area contributed by atoms with Crippen molar-refractivity contribution in [2.75, 3.05) is 13.6 Å². The number of hydrogen-bond donors (Lipinski definition) is 0. The topological polar surface area (TPSA) is 92.1 Å². The Morgan fingerprint density at radius 1 is 1.32 bits per heavy atom. The normalized spacial score (nSPS) is 19.3. The SMILES string of the molecule is CC(=O)N(C)C[C@@H]1C[C@@H](n2ncc(-c3cc(Sc4ncccc4F)c4c(C#N)cnn4c3)c2C)C[C@@H]1C. The van der Waals surface area contributed by atoms with Crippen LogP contribution in [0.5, 0.6) is 0 Å². The summed E-state index contributed by atoms with van der Waals surface area (Å²) in [6, 6.07) is 7.31. The van der Waals surface area contributed by atoms with Crippen molar-refractivity contribution in [2.45, 2.75) is 49.6 Å². The molecule has 0 spiro atoms. The molecule has 37 heavy (non-hydrogen) atoms. The quantitative estimate of drug-likeness (QED) is 0.352. The van der Waals surface area contributed by atoms with Gasteiger partial charge in [-0.25, -0.2) is 13.9 Å². The first-order valence-electron chi connectivity index (χ1n) is 12.2. The zero-order valence-electron chi connectivity index (χ0n) is 21.2. The average Bonchev–Trinajstić information content (AvgIpc) is 3.57. The Balaban J connectivity index is 1.49. The third kappa shape index (κ3) is 4.71. The van der Waals surface area contributed by atoms with Gasteiger partial charge in [-0.3, -0.25) is 9.48 Å². The summed E-state index contributed by atoms with van der Waals surface area (Å²) in [5, 5.41) is 19.0. The van der Waals surface area contributed by atoms with Crippen LogP contribution in [0.2, 0.25) is 0 Å². The van der Waals surface area contributed by atoms with E-state index in [2.05, 4.69) is 34.7 Å². The highest BCUT2D eigenvalue weighted by molar-refractivity contribution is 7.99. The summed E-state index contributed by atoms with van der Waals surface area (Å²) in [6.45, 7) is 6.66. The molecule has 0 unspecified atom stereocenters. The summed E-state index contributed by atoms with van der Waals surface area (Å²) >= 11 is 1.18. The molecule has 0 saturated heterocycles. The molecule has 0 N–H and O–H groups in total. The molecule has 1 aliphatic carbocycles. The molecule has 3 atom stereocenters. The zero-order chi connectivity index (χ0) is 26.3. The van der Waals surface area contributed by atoms with Crippen LogP contribution >= 0.6 is 11.8 Å². The molecule has 1 amide bonds. The van der Waals surface area contributed by atoms with E-state index < -0.39 is 5.82 Å². The summed E-state index contributed by atoms with van der Waals surface area (Å²) in [5.74, 6) is 0.575. The van der Waals surface area contributed by atoms with Gasteiger partial charge in [0.2, 0.25) is 5.91 Å². The minimum absolute atomic E-state index is 0.0843. The maximum Gasteiger partial charge on any atom is 0.219 e. The maximum absolute atomic E-state index is 14.4. The Morgan fingerprint density at radius 3 is 2.86 bits per heavy atom. The number of nitriles is 1. The Hall–Kier alpha value is -3.71. The molecule has 0 aromatic carbocycles. The van der Waals surface area contributed by atoms with E-state index >= 15 is 0 Å². The first-order valence-corrected chi connectivity index (χ1v) is 13.0. The fourth-order valence-corrected chi connectivity index (χ4v) is 6.22. The highest BCUT2D eigenvalue weighted by Crippen LogP contribution is 2.42. The molecule has 4 aromatic heterocycles. The second kappa shape index (κ2) is 9.98. The number of nitrogens with zero attached hydrogens (tertiary/aromatic N) is 7. The van der Waals surface area contributed by atoms with Gasteiger partial charge in [-0.1, -0.05) is 18.7 Å². The number of carbonyl (C=O) groups excluding carboxylic acids is 1. The smallest absolute Gasteiger partial charge is 0.219 e. The van der Waals surface area contributed by atoms with Crippen molar-refractivity contribution in [2.24, 2.45) is 11.8 Å². The van der Waals surface area contributed by atoms with E-state index in [9.17, 15) is 14.4 Å². The summed E-state index contributed by atoms with van der Waals surface area (Å²) in [5.41, 5.74) is 3.90. The van der Waals surface area contributed by atoms with Crippen LogP contribution in [0, 0.1) is 35.9 Å². The third-order valence-corrected chi connectivity index (χ3v) is 8.42. The van der Waals surface area contributed by atoms with E-state index in [1.54, 1.807) is 28.6 Å². The largest absolute Gasteiger partial charge is 0.346 e. The molecule has 1 saturated carbocycles. The fraction of sp³-hybridized carbons (Fsp3) is 0.370. The first-order chi connectivity index (χ1) is 17.8. The zero-order valence-corrected chi connectivity index (χ0v) is 22.0. The highest BCUT2D eigenvalue weighted by atomic mass is 32.2. The second-order valence-corrected chi connectivity index (χ2v) is 10.8. The number of rotatable bonds is 6. The lowest BCUT2D eigenvalue weighted by molar-refractivity contribution is -0.128. The van der Waals surface area contributed by atoms with Gasteiger partial charge in [-0.05, 0) is 49.8 Å². The van der Waals surface area contributed by atoms with Gasteiger partial charge in [0.1, 0.15) is 11.1 Å². The van der Waals surface area contributed by atoms with E-state index in [1.807, 2.05) is 25.5 Å². The first kappa shape index (κ1) is 25.0. The van der Waals surface area contributed by atoms with Gasteiger partial charge in [-0.15, -0.1) is 0 Å². The van der Waals surface area contributed by atoms with Gasteiger partial charge in [0.15, 0.2) is 5.82 Å². The molecule has 10 heteroatoms. The molecule has 1 aliphatic rings. The van der Waals surface area contributed by atoms with Crippen molar-refractivity contribution in [1.82, 2.24) is 29.3 Å². The van der Waals surface area contributed by atoms with Crippen LogP contribution in [0.1, 0.15) is 44.0 Å². The van der Waals surface area contributed by atoms with E-state index in [0.717, 1.165) is 36.2 Å². The van der Waals surface area contributed by atoms with Gasteiger partial charge < -0.3 is 4.90 Å². The molecule has 190 valence electrons. The average molecular weight is 518 g/mol. The molecular formula is C27H28FN7OS. The number of carbonyl (C=O) groups is 1. The molecule has 0 radical (unpaired) electrons. The molecule has 0 bridgehead atoms. The Labute approximate surface area is 219 Å². The number of pyridine rings is 2.